The number of aromatic nitrogens is 2. The topological polar surface area (TPSA) is 99.2 Å². The molecule has 1 rings (SSSR count). The summed E-state index contributed by atoms with van der Waals surface area (Å²) < 4.78 is 33.4. The summed E-state index contributed by atoms with van der Waals surface area (Å²) in [6, 6.07) is -0.280. The van der Waals surface area contributed by atoms with Gasteiger partial charge in [0.15, 0.2) is 0 Å². The van der Waals surface area contributed by atoms with E-state index in [1.54, 1.807) is 11.6 Å². The van der Waals surface area contributed by atoms with Crippen molar-refractivity contribution in [1.29, 1.82) is 0 Å². The zero-order valence-electron chi connectivity index (χ0n) is 11.4. The number of hydrogen-bond donors (Lipinski definition) is 2. The van der Waals surface area contributed by atoms with Crippen molar-refractivity contribution < 1.29 is 13.2 Å². The Morgan fingerprint density at radius 3 is 2.95 bits per heavy atom. The number of rotatable bonds is 9. The summed E-state index contributed by atoms with van der Waals surface area (Å²) in [5, 5.41) is 4.00. The molecular formula is C11H22N4O3S. The molecule has 0 saturated heterocycles. The molecule has 19 heavy (non-hydrogen) atoms. The van der Waals surface area contributed by atoms with Crippen molar-refractivity contribution >= 4 is 10.0 Å². The first-order valence-corrected chi connectivity index (χ1v) is 7.80. The number of nitrogens with one attached hydrogen (secondary N) is 1. The highest BCUT2D eigenvalue weighted by molar-refractivity contribution is 7.89. The molecule has 0 bridgehead atoms. The van der Waals surface area contributed by atoms with Gasteiger partial charge < -0.3 is 10.5 Å². The molecule has 110 valence electrons. The maximum Gasteiger partial charge on any atom is 0.244 e. The molecule has 7 nitrogen and oxygen atoms in total. The fourth-order valence-corrected chi connectivity index (χ4v) is 2.70. The van der Waals surface area contributed by atoms with Gasteiger partial charge in [-0.3, -0.25) is 4.68 Å². The highest BCUT2D eigenvalue weighted by Gasteiger charge is 2.19. The molecule has 8 heteroatoms. The Balaban J connectivity index is 2.63. The SMILES string of the molecule is CCOCC(C)NS(=O)(=O)c1cnn(CCCN)c1. The summed E-state index contributed by atoms with van der Waals surface area (Å²) in [5.74, 6) is 0. The van der Waals surface area contributed by atoms with Gasteiger partial charge in [-0.2, -0.15) is 5.10 Å². The lowest BCUT2D eigenvalue weighted by Gasteiger charge is -2.12. The largest absolute Gasteiger partial charge is 0.380 e. The average Bonchev–Trinajstić information content (AvgIpc) is 2.83. The number of nitrogens with two attached hydrogens (primary N) is 1. The van der Waals surface area contributed by atoms with Gasteiger partial charge in [-0.05, 0) is 26.8 Å². The number of hydrogen-bond acceptors (Lipinski definition) is 5. The van der Waals surface area contributed by atoms with Gasteiger partial charge in [-0.1, -0.05) is 0 Å². The Hall–Kier alpha value is -0.960. The number of aryl methyl sites for hydroxylation is 1. The van der Waals surface area contributed by atoms with Crippen LogP contribution in [-0.2, 0) is 21.3 Å². The predicted octanol–water partition coefficient (Wildman–Crippen LogP) is -0.0648. The second-order valence-electron chi connectivity index (χ2n) is 4.26. The lowest BCUT2D eigenvalue weighted by atomic mass is 10.4. The lowest BCUT2D eigenvalue weighted by Crippen LogP contribution is -2.35. The molecule has 0 fully saturated rings. The number of ether oxygens (including phenoxy) is 1. The van der Waals surface area contributed by atoms with E-state index in [1.807, 2.05) is 6.92 Å². The highest BCUT2D eigenvalue weighted by atomic mass is 32.2. The minimum absolute atomic E-state index is 0.160. The molecule has 1 heterocycles. The van der Waals surface area contributed by atoms with Crippen molar-refractivity contribution in [3.05, 3.63) is 12.4 Å². The van der Waals surface area contributed by atoms with E-state index in [0.29, 0.717) is 26.3 Å². The minimum atomic E-state index is -3.54. The summed E-state index contributed by atoms with van der Waals surface area (Å²) in [7, 11) is -3.54. The van der Waals surface area contributed by atoms with Crippen molar-refractivity contribution in [3.63, 3.8) is 0 Å². The first-order valence-electron chi connectivity index (χ1n) is 6.32. The zero-order chi connectivity index (χ0) is 14.3. The third-order valence-electron chi connectivity index (χ3n) is 2.44. The third kappa shape index (κ3) is 5.27. The van der Waals surface area contributed by atoms with Crippen LogP contribution in [0.2, 0.25) is 0 Å². The average molecular weight is 290 g/mol. The molecule has 0 aromatic carbocycles. The highest BCUT2D eigenvalue weighted by Crippen LogP contribution is 2.08. The quantitative estimate of drug-likeness (QED) is 0.663. The molecule has 1 aromatic rings. The summed E-state index contributed by atoms with van der Waals surface area (Å²) >= 11 is 0. The van der Waals surface area contributed by atoms with E-state index in [9.17, 15) is 8.42 Å². The van der Waals surface area contributed by atoms with Crippen LogP contribution >= 0.6 is 0 Å². The van der Waals surface area contributed by atoms with Gasteiger partial charge in [-0.15, -0.1) is 0 Å². The first kappa shape index (κ1) is 16.1. The molecule has 0 spiro atoms. The number of sulfonamides is 1. The van der Waals surface area contributed by atoms with Gasteiger partial charge >= 0.3 is 0 Å². The fraction of sp³-hybridized carbons (Fsp3) is 0.727. The van der Waals surface area contributed by atoms with E-state index in [2.05, 4.69) is 9.82 Å². The van der Waals surface area contributed by atoms with E-state index in [4.69, 9.17) is 10.5 Å². The zero-order valence-corrected chi connectivity index (χ0v) is 12.2. The minimum Gasteiger partial charge on any atom is -0.380 e. The van der Waals surface area contributed by atoms with Gasteiger partial charge in [0, 0.05) is 25.4 Å². The van der Waals surface area contributed by atoms with E-state index in [0.717, 1.165) is 6.42 Å². The normalized spacial score (nSPS) is 13.6. The van der Waals surface area contributed by atoms with Gasteiger partial charge in [0.2, 0.25) is 10.0 Å². The second-order valence-corrected chi connectivity index (χ2v) is 5.98. The van der Waals surface area contributed by atoms with Gasteiger partial charge in [0.25, 0.3) is 0 Å². The van der Waals surface area contributed by atoms with Crippen LogP contribution in [-0.4, -0.2) is 44.0 Å². The van der Waals surface area contributed by atoms with Crippen molar-refractivity contribution in [2.75, 3.05) is 19.8 Å². The maximum absolute atomic E-state index is 12.0. The molecule has 0 amide bonds. The van der Waals surface area contributed by atoms with Crippen LogP contribution < -0.4 is 10.5 Å². The van der Waals surface area contributed by atoms with Crippen LogP contribution in [0.15, 0.2) is 17.3 Å². The molecule has 1 aromatic heterocycles. The van der Waals surface area contributed by atoms with Crippen molar-refractivity contribution in [1.82, 2.24) is 14.5 Å². The summed E-state index contributed by atoms with van der Waals surface area (Å²) in [6.45, 7) is 5.68. The second kappa shape index (κ2) is 7.59. The Morgan fingerprint density at radius 1 is 1.58 bits per heavy atom. The molecule has 1 atom stereocenters. The maximum atomic E-state index is 12.0. The van der Waals surface area contributed by atoms with Crippen molar-refractivity contribution in [2.45, 2.75) is 37.8 Å². The number of nitrogens with zero attached hydrogens (tertiary/aromatic N) is 2. The standard InChI is InChI=1S/C11H22N4O3S/c1-3-18-9-10(2)14-19(16,17)11-7-13-15(8-11)6-4-5-12/h7-8,10,14H,3-6,9,12H2,1-2H3. The molecule has 1 unspecified atom stereocenters. The third-order valence-corrected chi connectivity index (χ3v) is 3.98. The molecule has 0 aliphatic carbocycles. The van der Waals surface area contributed by atoms with Crippen LogP contribution in [0.1, 0.15) is 20.3 Å². The molecule has 0 aliphatic rings. The van der Waals surface area contributed by atoms with E-state index >= 15 is 0 Å². The van der Waals surface area contributed by atoms with E-state index in [-0.39, 0.29) is 10.9 Å². The van der Waals surface area contributed by atoms with Crippen LogP contribution in [0.3, 0.4) is 0 Å². The molecular weight excluding hydrogens is 268 g/mol. The monoisotopic (exact) mass is 290 g/mol. The van der Waals surface area contributed by atoms with E-state index in [1.165, 1.54) is 12.4 Å². The van der Waals surface area contributed by atoms with Gasteiger partial charge in [0.05, 0.1) is 12.8 Å². The lowest BCUT2D eigenvalue weighted by molar-refractivity contribution is 0.133. The molecule has 0 saturated carbocycles. The smallest absolute Gasteiger partial charge is 0.244 e. The first-order chi connectivity index (χ1) is 8.99. The fourth-order valence-electron chi connectivity index (χ4n) is 1.52. The van der Waals surface area contributed by atoms with Crippen LogP contribution in [0.4, 0.5) is 0 Å². The Morgan fingerprint density at radius 2 is 2.32 bits per heavy atom. The summed E-state index contributed by atoms with van der Waals surface area (Å²) in [6.07, 6.45) is 3.60. The Kier molecular flexibility index (Phi) is 6.43. The van der Waals surface area contributed by atoms with Crippen LogP contribution in [0.25, 0.3) is 0 Å². The van der Waals surface area contributed by atoms with Gasteiger partial charge in [-0.25, -0.2) is 13.1 Å². The van der Waals surface area contributed by atoms with Crippen molar-refractivity contribution in [2.24, 2.45) is 5.73 Å². The van der Waals surface area contributed by atoms with Gasteiger partial charge in [0.1, 0.15) is 4.90 Å². The Bertz CT molecular complexity index is 472. The van der Waals surface area contributed by atoms with Crippen LogP contribution in [0, 0.1) is 0 Å². The van der Waals surface area contributed by atoms with Crippen molar-refractivity contribution in [3.8, 4) is 0 Å². The molecule has 0 radical (unpaired) electrons. The van der Waals surface area contributed by atoms with Crippen LogP contribution in [0.5, 0.6) is 0 Å². The summed E-state index contributed by atoms with van der Waals surface area (Å²) in [5.41, 5.74) is 5.40. The molecule has 0 aliphatic heterocycles. The summed E-state index contributed by atoms with van der Waals surface area (Å²) in [4.78, 5) is 0.160. The van der Waals surface area contributed by atoms with E-state index < -0.39 is 10.0 Å². The Labute approximate surface area is 114 Å². The predicted molar refractivity (Wildman–Crippen MR) is 72.2 cm³/mol. The molecule has 3 N–H and O–H groups in total.